The molecule has 8 nitrogen and oxygen atoms in total. The van der Waals surface area contributed by atoms with Crippen LogP contribution >= 0.6 is 0 Å². The number of carboxylic acid groups (broad SMARTS) is 1. The average Bonchev–Trinajstić information content (AvgIpc) is 2.76. The lowest BCUT2D eigenvalue weighted by Crippen LogP contribution is -2.59. The van der Waals surface area contributed by atoms with Gasteiger partial charge in [-0.3, -0.25) is 4.79 Å². The lowest BCUT2D eigenvalue weighted by Gasteiger charge is -2.44. The van der Waals surface area contributed by atoms with E-state index < -0.39 is 5.97 Å². The molecule has 1 aliphatic carbocycles. The third-order valence-corrected chi connectivity index (χ3v) is 7.58. The Labute approximate surface area is 188 Å². The number of ether oxygens (including phenoxy) is 4. The van der Waals surface area contributed by atoms with Crippen molar-refractivity contribution in [3.05, 3.63) is 35.4 Å². The maximum absolute atomic E-state index is 11.1. The molecule has 32 heavy (non-hydrogen) atoms. The average molecular weight is 444 g/mol. The molecule has 3 aliphatic heterocycles. The van der Waals surface area contributed by atoms with Crippen LogP contribution in [0.2, 0.25) is 0 Å². The third kappa shape index (κ3) is 3.24. The number of hydrogen-bond donors (Lipinski definition) is 1. The number of carboxylic acids is 1. The highest BCUT2D eigenvalue weighted by atomic mass is 16.6. The molecule has 0 amide bonds. The number of anilines is 1. The van der Waals surface area contributed by atoms with Gasteiger partial charge in [0.05, 0.1) is 35.2 Å². The van der Waals surface area contributed by atoms with Gasteiger partial charge in [-0.15, -0.1) is 0 Å². The molecule has 1 aromatic rings. The zero-order chi connectivity index (χ0) is 22.6. The standard InChI is InChI=1S/C24H30N2O6/c1-25-18-9-20(29-2)23(31-4)22(30-3)17(18)7-13-12-32-19-8-15(5-6-16(19)21(13)25)26-10-14(11-26)24(27)28/h5-8,14,17-18,20,22-23H,9-12H2,1-4H3/p+1. The fraction of sp³-hybridized carbons (Fsp3) is 0.583. The molecule has 0 bridgehead atoms. The first kappa shape index (κ1) is 21.4. The van der Waals surface area contributed by atoms with Crippen LogP contribution in [0.25, 0.3) is 0 Å². The van der Waals surface area contributed by atoms with Crippen molar-refractivity contribution in [3.8, 4) is 5.75 Å². The number of fused-ring (bicyclic) bond motifs is 4. The second-order valence-electron chi connectivity index (χ2n) is 9.12. The third-order valence-electron chi connectivity index (χ3n) is 7.58. The molecule has 1 aromatic carbocycles. The van der Waals surface area contributed by atoms with Crippen LogP contribution in [0.1, 0.15) is 12.0 Å². The van der Waals surface area contributed by atoms with Crippen LogP contribution in [0.3, 0.4) is 0 Å². The van der Waals surface area contributed by atoms with E-state index in [2.05, 4.69) is 34.7 Å². The first-order chi connectivity index (χ1) is 15.5. The van der Waals surface area contributed by atoms with Crippen LogP contribution in [0.15, 0.2) is 29.8 Å². The number of nitrogens with zero attached hydrogens (tertiary/aromatic N) is 2. The van der Waals surface area contributed by atoms with Gasteiger partial charge in [0.25, 0.3) is 0 Å². The number of aliphatic carboxylic acids is 1. The Kier molecular flexibility index (Phi) is 5.47. The van der Waals surface area contributed by atoms with Gasteiger partial charge in [-0.05, 0) is 12.1 Å². The van der Waals surface area contributed by atoms with E-state index in [1.54, 1.807) is 21.3 Å². The van der Waals surface area contributed by atoms with Crippen molar-refractivity contribution in [2.24, 2.45) is 11.8 Å². The van der Waals surface area contributed by atoms with Crippen molar-refractivity contribution in [1.29, 1.82) is 0 Å². The van der Waals surface area contributed by atoms with Crippen LogP contribution in [-0.2, 0) is 19.0 Å². The van der Waals surface area contributed by atoms with Gasteiger partial charge in [-0.1, -0.05) is 6.08 Å². The summed E-state index contributed by atoms with van der Waals surface area (Å²) in [5, 5.41) is 9.16. The summed E-state index contributed by atoms with van der Waals surface area (Å²) in [5.41, 5.74) is 4.42. The van der Waals surface area contributed by atoms with Crippen molar-refractivity contribution >= 4 is 17.4 Å². The van der Waals surface area contributed by atoms with Gasteiger partial charge in [0.1, 0.15) is 25.5 Å². The summed E-state index contributed by atoms with van der Waals surface area (Å²) in [6.07, 6.45) is 2.89. The van der Waals surface area contributed by atoms with E-state index in [0.717, 1.165) is 29.0 Å². The molecule has 0 spiro atoms. The van der Waals surface area contributed by atoms with E-state index in [0.29, 0.717) is 19.7 Å². The minimum Gasteiger partial charge on any atom is -0.488 e. The highest BCUT2D eigenvalue weighted by Gasteiger charge is 2.52. The number of hydrogen-bond acceptors (Lipinski definition) is 6. The lowest BCUT2D eigenvalue weighted by atomic mass is 9.74. The van der Waals surface area contributed by atoms with Gasteiger partial charge in [0.2, 0.25) is 5.71 Å². The molecule has 1 saturated heterocycles. The molecule has 172 valence electrons. The summed E-state index contributed by atoms with van der Waals surface area (Å²) < 4.78 is 26.0. The topological polar surface area (TPSA) is 80.5 Å². The van der Waals surface area contributed by atoms with E-state index in [-0.39, 0.29) is 36.2 Å². The van der Waals surface area contributed by atoms with Crippen molar-refractivity contribution < 1.29 is 33.4 Å². The van der Waals surface area contributed by atoms with Gasteiger partial charge in [0, 0.05) is 52.6 Å². The van der Waals surface area contributed by atoms with Crippen molar-refractivity contribution in [2.75, 3.05) is 53.0 Å². The highest BCUT2D eigenvalue weighted by Crippen LogP contribution is 2.40. The monoisotopic (exact) mass is 443 g/mol. The molecule has 1 N–H and O–H groups in total. The van der Waals surface area contributed by atoms with E-state index in [4.69, 9.17) is 24.1 Å². The second-order valence-corrected chi connectivity index (χ2v) is 9.12. The summed E-state index contributed by atoms with van der Waals surface area (Å²) in [4.78, 5) is 13.2. The Morgan fingerprint density at radius 1 is 1.16 bits per heavy atom. The minimum absolute atomic E-state index is 0.0421. The number of methoxy groups -OCH3 is 3. The highest BCUT2D eigenvalue weighted by molar-refractivity contribution is 6.12. The predicted molar refractivity (Wildman–Crippen MR) is 118 cm³/mol. The number of rotatable bonds is 5. The Bertz CT molecular complexity index is 983. The zero-order valence-electron chi connectivity index (χ0n) is 19.0. The van der Waals surface area contributed by atoms with Gasteiger partial charge in [-0.25, -0.2) is 4.58 Å². The first-order valence-corrected chi connectivity index (χ1v) is 11.1. The maximum atomic E-state index is 11.1. The van der Waals surface area contributed by atoms with Crippen LogP contribution in [0.5, 0.6) is 5.75 Å². The van der Waals surface area contributed by atoms with E-state index in [1.165, 1.54) is 5.71 Å². The molecule has 4 aliphatic rings. The molecule has 5 rings (SSSR count). The summed E-state index contributed by atoms with van der Waals surface area (Å²) >= 11 is 0. The fourth-order valence-corrected chi connectivity index (χ4v) is 5.82. The van der Waals surface area contributed by atoms with E-state index in [9.17, 15) is 4.79 Å². The minimum atomic E-state index is -0.730. The maximum Gasteiger partial charge on any atom is 0.310 e. The normalized spacial score (nSPS) is 31.7. The Morgan fingerprint density at radius 2 is 1.91 bits per heavy atom. The Balaban J connectivity index is 1.47. The molecule has 0 aromatic heterocycles. The van der Waals surface area contributed by atoms with Gasteiger partial charge in [0.15, 0.2) is 6.04 Å². The lowest BCUT2D eigenvalue weighted by molar-refractivity contribution is -0.556. The summed E-state index contributed by atoms with van der Waals surface area (Å²) in [7, 11) is 7.33. The SMILES string of the molecule is COC1CC2C(C=C3COc4cc(N5CC(C(=O)O)C5)ccc4C3=[N+]2C)C(OC)C1OC. The molecule has 1 saturated carbocycles. The van der Waals surface area contributed by atoms with Crippen LogP contribution < -0.4 is 9.64 Å². The first-order valence-electron chi connectivity index (χ1n) is 11.1. The van der Waals surface area contributed by atoms with E-state index in [1.807, 2.05) is 6.07 Å². The summed E-state index contributed by atoms with van der Waals surface area (Å²) in [5.74, 6) is 0.00232. The number of benzene rings is 1. The largest absolute Gasteiger partial charge is 0.488 e. The molecule has 5 unspecified atom stereocenters. The Hall–Kier alpha value is -2.42. The molecule has 2 fully saturated rings. The van der Waals surface area contributed by atoms with Crippen molar-refractivity contribution in [1.82, 2.24) is 0 Å². The smallest absolute Gasteiger partial charge is 0.310 e. The summed E-state index contributed by atoms with van der Waals surface area (Å²) in [6, 6.07) is 6.43. The Morgan fingerprint density at radius 3 is 2.56 bits per heavy atom. The predicted octanol–water partition coefficient (Wildman–Crippen LogP) is 1.40. The van der Waals surface area contributed by atoms with Crippen LogP contribution in [0, 0.1) is 11.8 Å². The zero-order valence-corrected chi connectivity index (χ0v) is 19.0. The van der Waals surface area contributed by atoms with Crippen molar-refractivity contribution in [3.63, 3.8) is 0 Å². The second kappa shape index (κ2) is 8.17. The van der Waals surface area contributed by atoms with Crippen LogP contribution in [0.4, 0.5) is 5.69 Å². The van der Waals surface area contributed by atoms with Gasteiger partial charge >= 0.3 is 5.97 Å². The van der Waals surface area contributed by atoms with Crippen molar-refractivity contribution in [2.45, 2.75) is 30.8 Å². The van der Waals surface area contributed by atoms with Gasteiger partial charge in [-0.2, -0.15) is 0 Å². The quantitative estimate of drug-likeness (QED) is 0.689. The molecular weight excluding hydrogens is 412 g/mol. The molecule has 0 radical (unpaired) electrons. The van der Waals surface area contributed by atoms with Gasteiger partial charge < -0.3 is 29.0 Å². The molecule has 8 heteroatoms. The van der Waals surface area contributed by atoms with Crippen LogP contribution in [-0.4, -0.2) is 93.8 Å². The van der Waals surface area contributed by atoms with E-state index >= 15 is 0 Å². The molecule has 3 heterocycles. The molecule has 5 atom stereocenters. The number of carbonyl (C=O) groups is 1. The fourth-order valence-electron chi connectivity index (χ4n) is 5.82. The molecular formula is C24H31N2O6+. The summed E-state index contributed by atoms with van der Waals surface area (Å²) in [6.45, 7) is 1.58.